The van der Waals surface area contributed by atoms with Gasteiger partial charge < -0.3 is 9.84 Å². The summed E-state index contributed by atoms with van der Waals surface area (Å²) in [4.78, 5) is 22.3. The van der Waals surface area contributed by atoms with Crippen molar-refractivity contribution in [1.82, 2.24) is 0 Å². The Balaban J connectivity index is 2.88. The van der Waals surface area contributed by atoms with Crippen LogP contribution in [0.2, 0.25) is 5.02 Å². The summed E-state index contributed by atoms with van der Waals surface area (Å²) in [7, 11) is 0. The Morgan fingerprint density at radius 3 is 2.42 bits per heavy atom. The lowest BCUT2D eigenvalue weighted by Crippen LogP contribution is -2.31. The summed E-state index contributed by atoms with van der Waals surface area (Å²) in [5, 5.41) is 9.41. The fourth-order valence-corrected chi connectivity index (χ4v) is 1.72. The molecule has 4 nitrogen and oxygen atoms in total. The monoisotopic (exact) mass is 288 g/mol. The molecule has 0 bridgehead atoms. The van der Waals surface area contributed by atoms with Crippen molar-refractivity contribution in [3.63, 3.8) is 0 Å². The highest BCUT2D eigenvalue weighted by molar-refractivity contribution is 6.30. The van der Waals surface area contributed by atoms with E-state index in [9.17, 15) is 14.0 Å². The molecule has 0 fully saturated rings. The number of aliphatic carboxylic acids is 1. The number of alkyl halides is 1. The molecular weight excluding hydrogens is 275 g/mol. The number of carboxylic acids is 1. The van der Waals surface area contributed by atoms with E-state index < -0.39 is 24.0 Å². The van der Waals surface area contributed by atoms with Crippen LogP contribution in [0, 0.1) is 0 Å². The third-order valence-corrected chi connectivity index (χ3v) is 2.87. The van der Waals surface area contributed by atoms with E-state index in [1.165, 1.54) is 24.3 Å². The zero-order valence-electron chi connectivity index (χ0n) is 10.4. The Kier molecular flexibility index (Phi) is 5.30. The second-order valence-corrected chi connectivity index (χ2v) is 4.35. The van der Waals surface area contributed by atoms with Crippen LogP contribution < -0.4 is 0 Å². The van der Waals surface area contributed by atoms with Gasteiger partial charge in [0.05, 0.1) is 6.61 Å². The zero-order valence-corrected chi connectivity index (χ0v) is 11.1. The molecule has 19 heavy (non-hydrogen) atoms. The van der Waals surface area contributed by atoms with Gasteiger partial charge in [0.2, 0.25) is 5.67 Å². The van der Waals surface area contributed by atoms with Crippen molar-refractivity contribution >= 4 is 23.5 Å². The second-order valence-electron chi connectivity index (χ2n) is 3.92. The van der Waals surface area contributed by atoms with Gasteiger partial charge in [-0.15, -0.1) is 0 Å². The van der Waals surface area contributed by atoms with Gasteiger partial charge in [-0.2, -0.15) is 0 Å². The molecule has 1 N–H and O–H groups in total. The van der Waals surface area contributed by atoms with Gasteiger partial charge in [0.25, 0.3) is 0 Å². The number of halogens is 2. The van der Waals surface area contributed by atoms with Crippen LogP contribution in [0.3, 0.4) is 0 Å². The molecular formula is C13H14ClFO4. The Hall–Kier alpha value is -1.62. The largest absolute Gasteiger partial charge is 0.479 e. The lowest BCUT2D eigenvalue weighted by atomic mass is 9.91. The maximum absolute atomic E-state index is 14.5. The molecule has 1 aromatic carbocycles. The Bertz CT molecular complexity index is 460. The van der Waals surface area contributed by atoms with Crippen molar-refractivity contribution in [1.29, 1.82) is 0 Å². The molecule has 0 heterocycles. The number of carbonyl (C=O) groups excluding carboxylic acids is 1. The summed E-state index contributed by atoms with van der Waals surface area (Å²) in [6, 6.07) is 5.39. The zero-order chi connectivity index (χ0) is 14.5. The standard InChI is InChI=1S/C13H14ClFO4/c1-2-19-11(16)7-8-13(15,12(17)18)9-3-5-10(14)6-4-9/h3-6H,2,7-8H2,1H3,(H,17,18). The number of hydrogen-bond acceptors (Lipinski definition) is 3. The normalized spacial score (nSPS) is 13.6. The molecule has 0 amide bonds. The lowest BCUT2D eigenvalue weighted by molar-refractivity contribution is -0.154. The Morgan fingerprint density at radius 2 is 1.95 bits per heavy atom. The molecule has 0 aliphatic heterocycles. The number of carboxylic acid groups (broad SMARTS) is 1. The molecule has 1 rings (SSSR count). The predicted octanol–water partition coefficient (Wildman–Crippen LogP) is 2.93. The number of carbonyl (C=O) groups is 2. The molecule has 104 valence electrons. The lowest BCUT2D eigenvalue weighted by Gasteiger charge is -2.20. The Labute approximate surface area is 115 Å². The van der Waals surface area contributed by atoms with Gasteiger partial charge in [0.15, 0.2) is 0 Å². The molecule has 0 saturated carbocycles. The predicted molar refractivity (Wildman–Crippen MR) is 67.7 cm³/mol. The van der Waals surface area contributed by atoms with E-state index in [0.29, 0.717) is 5.02 Å². The number of rotatable bonds is 6. The summed E-state index contributed by atoms with van der Waals surface area (Å²) >= 11 is 5.67. The van der Waals surface area contributed by atoms with Crippen molar-refractivity contribution < 1.29 is 23.8 Å². The third-order valence-electron chi connectivity index (χ3n) is 2.62. The van der Waals surface area contributed by atoms with Crippen LogP contribution in [0.5, 0.6) is 0 Å². The fourth-order valence-electron chi connectivity index (χ4n) is 1.60. The molecule has 0 saturated heterocycles. The van der Waals surface area contributed by atoms with Gasteiger partial charge in [0.1, 0.15) is 0 Å². The van der Waals surface area contributed by atoms with Crippen molar-refractivity contribution in [3.05, 3.63) is 34.9 Å². The summed E-state index contributed by atoms with van der Waals surface area (Å²) in [5.74, 6) is -2.26. The highest BCUT2D eigenvalue weighted by Gasteiger charge is 2.41. The maximum Gasteiger partial charge on any atom is 0.346 e. The summed E-state index contributed by atoms with van der Waals surface area (Å²) in [6.45, 7) is 1.79. The van der Waals surface area contributed by atoms with Crippen LogP contribution in [0.15, 0.2) is 24.3 Å². The average Bonchev–Trinajstić information content (AvgIpc) is 2.37. The van der Waals surface area contributed by atoms with Crippen molar-refractivity contribution in [2.24, 2.45) is 0 Å². The van der Waals surface area contributed by atoms with Crippen molar-refractivity contribution in [2.75, 3.05) is 6.61 Å². The fraction of sp³-hybridized carbons (Fsp3) is 0.385. The van der Waals surface area contributed by atoms with E-state index in [1.54, 1.807) is 6.92 Å². The Morgan fingerprint density at radius 1 is 1.37 bits per heavy atom. The molecule has 0 radical (unpaired) electrons. The van der Waals surface area contributed by atoms with Crippen LogP contribution >= 0.6 is 11.6 Å². The van der Waals surface area contributed by atoms with Gasteiger partial charge in [-0.3, -0.25) is 4.79 Å². The van der Waals surface area contributed by atoms with E-state index in [0.717, 1.165) is 0 Å². The first-order chi connectivity index (χ1) is 8.90. The molecule has 6 heteroatoms. The van der Waals surface area contributed by atoms with Crippen LogP contribution in [-0.4, -0.2) is 23.7 Å². The number of benzene rings is 1. The van der Waals surface area contributed by atoms with Crippen molar-refractivity contribution in [3.8, 4) is 0 Å². The number of esters is 1. The highest BCUT2D eigenvalue weighted by atomic mass is 35.5. The van der Waals surface area contributed by atoms with Crippen LogP contribution in [-0.2, 0) is 20.0 Å². The first-order valence-electron chi connectivity index (χ1n) is 5.74. The summed E-state index contributed by atoms with van der Waals surface area (Å²) in [6.07, 6.45) is -0.790. The number of ether oxygens (including phenoxy) is 1. The second kappa shape index (κ2) is 6.52. The van der Waals surface area contributed by atoms with Gasteiger partial charge in [-0.25, -0.2) is 9.18 Å². The van der Waals surface area contributed by atoms with Gasteiger partial charge >= 0.3 is 11.9 Å². The minimum Gasteiger partial charge on any atom is -0.479 e. The maximum atomic E-state index is 14.5. The van der Waals surface area contributed by atoms with Crippen LogP contribution in [0.4, 0.5) is 4.39 Å². The van der Waals surface area contributed by atoms with E-state index in [4.69, 9.17) is 16.7 Å². The minimum atomic E-state index is -2.63. The van der Waals surface area contributed by atoms with Crippen LogP contribution in [0.25, 0.3) is 0 Å². The van der Waals surface area contributed by atoms with E-state index in [1.807, 2.05) is 0 Å². The quantitative estimate of drug-likeness (QED) is 0.818. The van der Waals surface area contributed by atoms with E-state index in [2.05, 4.69) is 4.74 Å². The summed E-state index contributed by atoms with van der Waals surface area (Å²) in [5.41, 5.74) is -2.68. The first-order valence-corrected chi connectivity index (χ1v) is 6.12. The molecule has 1 aromatic rings. The molecule has 0 aliphatic rings. The SMILES string of the molecule is CCOC(=O)CCC(F)(C(=O)O)c1ccc(Cl)cc1. The molecule has 0 aliphatic carbocycles. The molecule has 0 spiro atoms. The average molecular weight is 289 g/mol. The topological polar surface area (TPSA) is 63.6 Å². The molecule has 1 unspecified atom stereocenters. The molecule has 1 atom stereocenters. The van der Waals surface area contributed by atoms with E-state index >= 15 is 0 Å². The number of hydrogen-bond donors (Lipinski definition) is 1. The first kappa shape index (κ1) is 15.4. The molecule has 0 aromatic heterocycles. The van der Waals surface area contributed by atoms with Crippen LogP contribution in [0.1, 0.15) is 25.3 Å². The van der Waals surface area contributed by atoms with E-state index in [-0.39, 0.29) is 18.6 Å². The third kappa shape index (κ3) is 3.92. The smallest absolute Gasteiger partial charge is 0.346 e. The highest BCUT2D eigenvalue weighted by Crippen LogP contribution is 2.32. The van der Waals surface area contributed by atoms with Gasteiger partial charge in [-0.1, -0.05) is 23.7 Å². The van der Waals surface area contributed by atoms with Gasteiger partial charge in [-0.05, 0) is 19.1 Å². The summed E-state index contributed by atoms with van der Waals surface area (Å²) < 4.78 is 19.2. The minimum absolute atomic E-state index is 0.0475. The van der Waals surface area contributed by atoms with Gasteiger partial charge in [0, 0.05) is 23.4 Å². The van der Waals surface area contributed by atoms with Crippen molar-refractivity contribution in [2.45, 2.75) is 25.4 Å².